The van der Waals surface area contributed by atoms with Gasteiger partial charge in [-0.05, 0) is 25.0 Å². The van der Waals surface area contributed by atoms with E-state index in [0.717, 1.165) is 18.9 Å². The molecule has 0 saturated heterocycles. The van der Waals surface area contributed by atoms with Gasteiger partial charge in [0.2, 0.25) is 0 Å². The molecule has 0 radical (unpaired) electrons. The topological polar surface area (TPSA) is 70.6 Å². The third kappa shape index (κ3) is 4.43. The first-order valence-electron chi connectivity index (χ1n) is 7.47. The van der Waals surface area contributed by atoms with Crippen LogP contribution in [0.3, 0.4) is 0 Å². The fourth-order valence-corrected chi connectivity index (χ4v) is 3.81. The smallest absolute Gasteiger partial charge is 0.191 e. The van der Waals surface area contributed by atoms with Crippen molar-refractivity contribution >= 4 is 15.8 Å². The largest absolute Gasteiger partial charge is 0.355 e. The van der Waals surface area contributed by atoms with Gasteiger partial charge in [-0.15, -0.1) is 0 Å². The Morgan fingerprint density at radius 3 is 2.64 bits per heavy atom. The van der Waals surface area contributed by atoms with Crippen LogP contribution in [0.15, 0.2) is 34.2 Å². The van der Waals surface area contributed by atoms with E-state index in [4.69, 9.17) is 0 Å². The lowest BCUT2D eigenvalue weighted by Crippen LogP contribution is -2.43. The molecule has 1 fully saturated rings. The van der Waals surface area contributed by atoms with Crippen molar-refractivity contribution < 1.29 is 12.8 Å². The van der Waals surface area contributed by atoms with Gasteiger partial charge in [-0.1, -0.05) is 25.0 Å². The highest BCUT2D eigenvalue weighted by atomic mass is 32.2. The van der Waals surface area contributed by atoms with E-state index in [2.05, 4.69) is 15.6 Å². The second kappa shape index (κ2) is 7.58. The van der Waals surface area contributed by atoms with Crippen molar-refractivity contribution in [2.75, 3.05) is 19.3 Å². The van der Waals surface area contributed by atoms with Crippen LogP contribution in [0.25, 0.3) is 0 Å². The average molecular weight is 327 g/mol. The number of halogens is 1. The number of aliphatic imine (C=N–C) groups is 1. The molecule has 1 aliphatic rings. The zero-order chi connectivity index (χ0) is 16.0. The number of rotatable bonds is 5. The summed E-state index contributed by atoms with van der Waals surface area (Å²) in [5.74, 6) is -0.300. The molecule has 0 aliphatic heterocycles. The number of sulfone groups is 1. The molecule has 0 atom stereocenters. The lowest BCUT2D eigenvalue weighted by molar-refractivity contribution is 0.565. The van der Waals surface area contributed by atoms with E-state index in [1.54, 1.807) is 7.05 Å². The summed E-state index contributed by atoms with van der Waals surface area (Å²) in [6, 6.07) is 5.83. The second-order valence-electron chi connectivity index (χ2n) is 5.37. The summed E-state index contributed by atoms with van der Waals surface area (Å²) in [6.07, 6.45) is 4.62. The fraction of sp³-hybridized carbons (Fsp3) is 0.533. The number of nitrogens with zero attached hydrogens (tertiary/aromatic N) is 1. The van der Waals surface area contributed by atoms with E-state index >= 15 is 0 Å². The van der Waals surface area contributed by atoms with Gasteiger partial charge in [-0.3, -0.25) is 4.99 Å². The molecule has 0 aromatic heterocycles. The highest BCUT2D eigenvalue weighted by molar-refractivity contribution is 7.91. The summed E-state index contributed by atoms with van der Waals surface area (Å²) in [7, 11) is -1.99. The molecule has 0 spiro atoms. The van der Waals surface area contributed by atoms with Gasteiger partial charge in [0.25, 0.3) is 0 Å². The minimum atomic E-state index is -3.64. The molecular formula is C15H22FN3O2S. The molecule has 1 aromatic carbocycles. The lowest BCUT2D eigenvalue weighted by atomic mass is 10.2. The van der Waals surface area contributed by atoms with E-state index < -0.39 is 15.7 Å². The first-order valence-corrected chi connectivity index (χ1v) is 9.12. The summed E-state index contributed by atoms with van der Waals surface area (Å²) >= 11 is 0. The van der Waals surface area contributed by atoms with Crippen molar-refractivity contribution in [3.05, 3.63) is 30.1 Å². The van der Waals surface area contributed by atoms with Crippen LogP contribution in [0.4, 0.5) is 4.39 Å². The molecule has 5 nitrogen and oxygen atoms in total. The minimum Gasteiger partial charge on any atom is -0.355 e. The van der Waals surface area contributed by atoms with Crippen molar-refractivity contribution in [3.8, 4) is 0 Å². The average Bonchev–Trinajstić information content (AvgIpc) is 2.99. The van der Waals surface area contributed by atoms with Gasteiger partial charge in [0.1, 0.15) is 10.7 Å². The monoisotopic (exact) mass is 327 g/mol. The molecule has 2 N–H and O–H groups in total. The molecule has 122 valence electrons. The molecule has 1 saturated carbocycles. The second-order valence-corrected chi connectivity index (χ2v) is 7.45. The maximum atomic E-state index is 13.6. The predicted octanol–water partition coefficient (Wildman–Crippen LogP) is 1.71. The van der Waals surface area contributed by atoms with Gasteiger partial charge in [0.15, 0.2) is 15.8 Å². The van der Waals surface area contributed by atoms with Crippen LogP contribution in [0.2, 0.25) is 0 Å². The Morgan fingerprint density at radius 1 is 1.32 bits per heavy atom. The maximum absolute atomic E-state index is 13.6. The lowest BCUT2D eigenvalue weighted by Gasteiger charge is -2.16. The molecule has 0 unspecified atom stereocenters. The Labute approximate surface area is 130 Å². The first-order chi connectivity index (χ1) is 10.5. The van der Waals surface area contributed by atoms with E-state index in [-0.39, 0.29) is 17.2 Å². The van der Waals surface area contributed by atoms with E-state index in [9.17, 15) is 12.8 Å². The van der Waals surface area contributed by atoms with E-state index in [1.807, 2.05) is 0 Å². The molecule has 1 aliphatic carbocycles. The van der Waals surface area contributed by atoms with Crippen LogP contribution in [0.1, 0.15) is 25.7 Å². The Balaban J connectivity index is 1.88. The highest BCUT2D eigenvalue weighted by Crippen LogP contribution is 2.17. The number of benzene rings is 1. The molecule has 2 rings (SSSR count). The quantitative estimate of drug-likeness (QED) is 0.638. The van der Waals surface area contributed by atoms with Crippen LogP contribution in [-0.2, 0) is 9.84 Å². The first kappa shape index (κ1) is 16.7. The minimum absolute atomic E-state index is 0.181. The van der Waals surface area contributed by atoms with E-state index in [0.29, 0.717) is 12.0 Å². The SMILES string of the molecule is CN=C(NCCS(=O)(=O)c1ccccc1F)NC1CCCC1. The maximum Gasteiger partial charge on any atom is 0.191 e. The van der Waals surface area contributed by atoms with Gasteiger partial charge in [-0.25, -0.2) is 12.8 Å². The molecule has 22 heavy (non-hydrogen) atoms. The summed E-state index contributed by atoms with van der Waals surface area (Å²) in [6.45, 7) is 0.184. The Hall–Kier alpha value is -1.63. The summed E-state index contributed by atoms with van der Waals surface area (Å²) in [5, 5.41) is 6.25. The van der Waals surface area contributed by atoms with Gasteiger partial charge in [-0.2, -0.15) is 0 Å². The van der Waals surface area contributed by atoms with E-state index in [1.165, 1.54) is 31.0 Å². The van der Waals surface area contributed by atoms with Crippen LogP contribution < -0.4 is 10.6 Å². The zero-order valence-corrected chi connectivity index (χ0v) is 13.5. The summed E-state index contributed by atoms with van der Waals surface area (Å²) in [5.41, 5.74) is 0. The normalized spacial score (nSPS) is 16.7. The molecule has 1 aromatic rings. The third-order valence-corrected chi connectivity index (χ3v) is 5.50. The Morgan fingerprint density at radius 2 is 2.00 bits per heavy atom. The van der Waals surface area contributed by atoms with Crippen molar-refractivity contribution in [2.45, 2.75) is 36.6 Å². The molecule has 0 bridgehead atoms. The van der Waals surface area contributed by atoms with Gasteiger partial charge >= 0.3 is 0 Å². The summed E-state index contributed by atoms with van der Waals surface area (Å²) in [4.78, 5) is 3.83. The number of hydrogen-bond acceptors (Lipinski definition) is 3. The van der Waals surface area contributed by atoms with Crippen molar-refractivity contribution in [2.24, 2.45) is 4.99 Å². The van der Waals surface area contributed by atoms with Gasteiger partial charge < -0.3 is 10.6 Å². The molecule has 7 heteroatoms. The van der Waals surface area contributed by atoms with Crippen LogP contribution in [0.5, 0.6) is 0 Å². The third-order valence-electron chi connectivity index (χ3n) is 3.75. The molecule has 0 heterocycles. The highest BCUT2D eigenvalue weighted by Gasteiger charge is 2.19. The van der Waals surface area contributed by atoms with Crippen LogP contribution >= 0.6 is 0 Å². The van der Waals surface area contributed by atoms with Crippen LogP contribution in [-0.4, -0.2) is 39.8 Å². The molecule has 0 amide bonds. The number of guanidine groups is 1. The zero-order valence-electron chi connectivity index (χ0n) is 12.7. The standard InChI is InChI=1S/C15H22FN3O2S/c1-17-15(19-12-6-2-3-7-12)18-10-11-22(20,21)14-9-5-4-8-13(14)16/h4-5,8-9,12H,2-3,6-7,10-11H2,1H3,(H2,17,18,19). The number of hydrogen-bond donors (Lipinski definition) is 2. The van der Waals surface area contributed by atoms with Gasteiger partial charge in [0.05, 0.1) is 5.75 Å². The molecular weight excluding hydrogens is 305 g/mol. The Kier molecular flexibility index (Phi) is 5.76. The van der Waals surface area contributed by atoms with Crippen molar-refractivity contribution in [1.82, 2.24) is 10.6 Å². The van der Waals surface area contributed by atoms with Gasteiger partial charge in [0, 0.05) is 19.6 Å². The van der Waals surface area contributed by atoms with Crippen LogP contribution in [0, 0.1) is 5.82 Å². The Bertz CT molecular complexity index is 625. The van der Waals surface area contributed by atoms with Crippen molar-refractivity contribution in [3.63, 3.8) is 0 Å². The summed E-state index contributed by atoms with van der Waals surface area (Å²) < 4.78 is 37.8. The fourth-order valence-electron chi connectivity index (χ4n) is 2.57. The van der Waals surface area contributed by atoms with Crippen molar-refractivity contribution in [1.29, 1.82) is 0 Å². The predicted molar refractivity (Wildman–Crippen MR) is 85.2 cm³/mol. The number of nitrogens with one attached hydrogen (secondary N) is 2.